The second kappa shape index (κ2) is 6.24. The molecule has 2 aromatic rings. The number of amides is 2. The summed E-state index contributed by atoms with van der Waals surface area (Å²) in [4.78, 5) is 27.9. The topological polar surface area (TPSA) is 81.0 Å². The second-order valence-corrected chi connectivity index (χ2v) is 7.39. The molecule has 3 aliphatic rings. The van der Waals surface area contributed by atoms with E-state index in [1.807, 2.05) is 18.2 Å². The smallest absolute Gasteiger partial charge is 0.231 e. The first-order valence-corrected chi connectivity index (χ1v) is 9.23. The number of likely N-dealkylation sites (tertiary alicyclic amines) is 1. The van der Waals surface area contributed by atoms with Crippen molar-refractivity contribution in [2.45, 2.75) is 18.2 Å². The van der Waals surface area contributed by atoms with Gasteiger partial charge < -0.3 is 24.1 Å². The van der Waals surface area contributed by atoms with Crippen molar-refractivity contribution in [2.75, 3.05) is 19.0 Å². The minimum absolute atomic E-state index is 0.0750. The Kier molecular flexibility index (Phi) is 3.80. The molecule has 2 saturated heterocycles. The lowest BCUT2D eigenvalue weighted by atomic mass is 9.77. The molecule has 7 heteroatoms. The van der Waals surface area contributed by atoms with E-state index in [0.717, 1.165) is 0 Å². The van der Waals surface area contributed by atoms with E-state index in [1.165, 1.54) is 0 Å². The van der Waals surface area contributed by atoms with Gasteiger partial charge in [-0.3, -0.25) is 9.59 Å². The second-order valence-electron chi connectivity index (χ2n) is 7.39. The van der Waals surface area contributed by atoms with Crippen LogP contribution in [-0.2, 0) is 20.9 Å². The first-order chi connectivity index (χ1) is 13.6. The van der Waals surface area contributed by atoms with Crippen molar-refractivity contribution in [1.29, 1.82) is 0 Å². The fraction of sp³-hybridized carbons (Fsp3) is 0.333. The predicted molar refractivity (Wildman–Crippen MR) is 99.5 cm³/mol. The minimum atomic E-state index is -0.731. The Morgan fingerprint density at radius 2 is 2.25 bits per heavy atom. The summed E-state index contributed by atoms with van der Waals surface area (Å²) in [5.74, 6) is -0.0225. The van der Waals surface area contributed by atoms with Gasteiger partial charge in [-0.25, -0.2) is 0 Å². The first kappa shape index (κ1) is 17.1. The lowest BCUT2D eigenvalue weighted by molar-refractivity contribution is -0.136. The highest BCUT2D eigenvalue weighted by atomic mass is 16.5. The van der Waals surface area contributed by atoms with Crippen molar-refractivity contribution in [2.24, 2.45) is 11.8 Å². The van der Waals surface area contributed by atoms with Crippen molar-refractivity contribution >= 4 is 17.5 Å². The van der Waals surface area contributed by atoms with Crippen molar-refractivity contribution in [3.8, 4) is 5.75 Å². The molecule has 2 bridgehead atoms. The minimum Gasteiger partial charge on any atom is -0.497 e. The zero-order chi connectivity index (χ0) is 19.3. The highest BCUT2D eigenvalue weighted by Gasteiger charge is 2.66. The third kappa shape index (κ3) is 2.54. The molecule has 4 atom stereocenters. The summed E-state index contributed by atoms with van der Waals surface area (Å²) in [6.07, 6.45) is 5.04. The molecule has 4 heterocycles. The number of fused-ring (bicyclic) bond motifs is 1. The highest BCUT2D eigenvalue weighted by Crippen LogP contribution is 2.52. The van der Waals surface area contributed by atoms with E-state index < -0.39 is 17.4 Å². The molecule has 0 aliphatic carbocycles. The quantitative estimate of drug-likeness (QED) is 0.805. The molecule has 1 aromatic carbocycles. The largest absolute Gasteiger partial charge is 0.497 e. The van der Waals surface area contributed by atoms with Gasteiger partial charge in [0.15, 0.2) is 0 Å². The number of ether oxygens (including phenoxy) is 2. The Hall–Kier alpha value is -3.06. The molecule has 1 aromatic heterocycles. The highest BCUT2D eigenvalue weighted by molar-refractivity contribution is 5.99. The Morgan fingerprint density at radius 1 is 1.36 bits per heavy atom. The number of hydrogen-bond donors (Lipinski definition) is 1. The average molecular weight is 380 g/mol. The fourth-order valence-electron chi connectivity index (χ4n) is 4.53. The van der Waals surface area contributed by atoms with Gasteiger partial charge in [-0.2, -0.15) is 0 Å². The van der Waals surface area contributed by atoms with Crippen LogP contribution in [0.3, 0.4) is 0 Å². The van der Waals surface area contributed by atoms with Crippen LogP contribution in [0.5, 0.6) is 5.75 Å². The van der Waals surface area contributed by atoms with Crippen LogP contribution < -0.4 is 10.1 Å². The van der Waals surface area contributed by atoms with E-state index >= 15 is 0 Å². The Labute approximate surface area is 161 Å². The van der Waals surface area contributed by atoms with E-state index in [1.54, 1.807) is 48.6 Å². The van der Waals surface area contributed by atoms with E-state index in [0.29, 0.717) is 30.3 Å². The van der Waals surface area contributed by atoms with Crippen LogP contribution in [0.25, 0.3) is 0 Å². The van der Waals surface area contributed by atoms with Crippen LogP contribution in [0.15, 0.2) is 59.2 Å². The summed E-state index contributed by atoms with van der Waals surface area (Å²) in [7, 11) is 1.57. The van der Waals surface area contributed by atoms with Gasteiger partial charge in [0.1, 0.15) is 17.1 Å². The Balaban J connectivity index is 1.38. The molecule has 3 aliphatic heterocycles. The molecule has 0 saturated carbocycles. The molecule has 2 fully saturated rings. The molecule has 7 nitrogen and oxygen atoms in total. The molecular weight excluding hydrogens is 360 g/mol. The van der Waals surface area contributed by atoms with Crippen molar-refractivity contribution in [3.63, 3.8) is 0 Å². The number of anilines is 1. The number of methoxy groups -OCH3 is 1. The lowest BCUT2D eigenvalue weighted by Crippen LogP contribution is -2.41. The number of benzene rings is 1. The maximum absolute atomic E-state index is 13.1. The molecular formula is C21H20N2O5. The predicted octanol–water partition coefficient (Wildman–Crippen LogP) is 2.21. The first-order valence-electron chi connectivity index (χ1n) is 9.23. The standard InChI is InChI=1S/C21H20N2O5/c1-26-14-5-2-4-13(10-14)22-19(24)17-16-7-8-21(28-16)12-23(20(25)18(17)21)11-15-6-3-9-27-15/h2-10,16-18H,11-12H2,1H3,(H,22,24)/t16-,17-,18+,21-/m1/s1. The molecule has 1 spiro atoms. The fourth-order valence-corrected chi connectivity index (χ4v) is 4.53. The van der Waals surface area contributed by atoms with E-state index in [2.05, 4.69) is 5.32 Å². The number of nitrogens with zero attached hydrogens (tertiary/aromatic N) is 1. The Morgan fingerprint density at radius 3 is 3.04 bits per heavy atom. The summed E-state index contributed by atoms with van der Waals surface area (Å²) in [6, 6.07) is 10.8. The van der Waals surface area contributed by atoms with Gasteiger partial charge in [0.25, 0.3) is 0 Å². The number of carbonyl (C=O) groups is 2. The molecule has 0 unspecified atom stereocenters. The summed E-state index contributed by atoms with van der Waals surface area (Å²) in [5, 5.41) is 2.91. The normalized spacial score (nSPS) is 30.0. The van der Waals surface area contributed by atoms with E-state index in [-0.39, 0.29) is 17.9 Å². The van der Waals surface area contributed by atoms with Gasteiger partial charge in [-0.15, -0.1) is 0 Å². The number of rotatable bonds is 5. The summed E-state index contributed by atoms with van der Waals surface area (Å²) in [5.41, 5.74) is -0.104. The van der Waals surface area contributed by atoms with Crippen LogP contribution >= 0.6 is 0 Å². The molecule has 0 radical (unpaired) electrons. The number of nitrogens with one attached hydrogen (secondary N) is 1. The van der Waals surface area contributed by atoms with E-state index in [4.69, 9.17) is 13.9 Å². The Bertz CT molecular complexity index is 953. The summed E-state index contributed by atoms with van der Waals surface area (Å²) >= 11 is 0. The van der Waals surface area contributed by atoms with Gasteiger partial charge in [0.2, 0.25) is 11.8 Å². The van der Waals surface area contributed by atoms with Crippen molar-refractivity contribution in [3.05, 3.63) is 60.6 Å². The molecule has 1 N–H and O–H groups in total. The lowest BCUT2D eigenvalue weighted by Gasteiger charge is -2.23. The molecule has 2 amide bonds. The third-order valence-electron chi connectivity index (χ3n) is 5.75. The molecule has 144 valence electrons. The molecule has 28 heavy (non-hydrogen) atoms. The SMILES string of the molecule is COc1cccc(NC(=O)[C@H]2[C@H]3C(=O)N(Cc4ccco4)C[C@]34C=C[C@H]2O4)c1. The van der Waals surface area contributed by atoms with Crippen LogP contribution in [0.1, 0.15) is 5.76 Å². The summed E-state index contributed by atoms with van der Waals surface area (Å²) < 4.78 is 16.7. The maximum atomic E-state index is 13.1. The van der Waals surface area contributed by atoms with Crippen LogP contribution in [0, 0.1) is 11.8 Å². The van der Waals surface area contributed by atoms with Gasteiger partial charge >= 0.3 is 0 Å². The van der Waals surface area contributed by atoms with E-state index in [9.17, 15) is 9.59 Å². The van der Waals surface area contributed by atoms with Crippen LogP contribution in [0.2, 0.25) is 0 Å². The third-order valence-corrected chi connectivity index (χ3v) is 5.75. The zero-order valence-corrected chi connectivity index (χ0v) is 15.3. The maximum Gasteiger partial charge on any atom is 0.231 e. The number of carbonyl (C=O) groups excluding carboxylic acids is 2. The van der Waals surface area contributed by atoms with Crippen molar-refractivity contribution in [1.82, 2.24) is 4.90 Å². The summed E-state index contributed by atoms with van der Waals surface area (Å²) in [6.45, 7) is 0.795. The average Bonchev–Trinajstić information content (AvgIpc) is 3.45. The number of furan rings is 1. The monoisotopic (exact) mass is 380 g/mol. The zero-order valence-electron chi connectivity index (χ0n) is 15.3. The number of hydrogen-bond acceptors (Lipinski definition) is 5. The van der Waals surface area contributed by atoms with Gasteiger partial charge in [-0.05, 0) is 24.3 Å². The van der Waals surface area contributed by atoms with Crippen LogP contribution in [0.4, 0.5) is 5.69 Å². The van der Waals surface area contributed by atoms with Gasteiger partial charge in [0.05, 0.1) is 44.4 Å². The van der Waals surface area contributed by atoms with Gasteiger partial charge in [0, 0.05) is 11.8 Å². The molecule has 5 rings (SSSR count). The van der Waals surface area contributed by atoms with Gasteiger partial charge in [-0.1, -0.05) is 18.2 Å². The van der Waals surface area contributed by atoms with Crippen molar-refractivity contribution < 1.29 is 23.5 Å². The van der Waals surface area contributed by atoms with Crippen LogP contribution in [-0.4, -0.2) is 42.1 Å².